The SMILES string of the molecule is CNc1nc2cc(OCCCN3CCCC3)c(C)cc2c2c1CCCCN2. The summed E-state index contributed by atoms with van der Waals surface area (Å²) in [6.07, 6.45) is 7.27. The quantitative estimate of drug-likeness (QED) is 0.749. The second kappa shape index (κ2) is 8.34. The lowest BCUT2D eigenvalue weighted by Gasteiger charge is -2.18. The van der Waals surface area contributed by atoms with E-state index in [0.29, 0.717) is 0 Å². The maximum Gasteiger partial charge on any atom is 0.131 e. The second-order valence-electron chi connectivity index (χ2n) is 7.83. The van der Waals surface area contributed by atoms with E-state index in [-0.39, 0.29) is 0 Å². The Labute approximate surface area is 162 Å². The molecule has 0 saturated carbocycles. The van der Waals surface area contributed by atoms with Crippen molar-refractivity contribution in [3.05, 3.63) is 23.3 Å². The monoisotopic (exact) mass is 368 g/mol. The number of likely N-dealkylation sites (tertiary alicyclic amines) is 1. The predicted octanol–water partition coefficient (Wildman–Crippen LogP) is 4.20. The molecule has 1 aromatic carbocycles. The van der Waals surface area contributed by atoms with Crippen molar-refractivity contribution in [1.82, 2.24) is 9.88 Å². The maximum atomic E-state index is 6.14. The highest BCUT2D eigenvalue weighted by Gasteiger charge is 2.18. The summed E-state index contributed by atoms with van der Waals surface area (Å²) < 4.78 is 6.14. The van der Waals surface area contributed by atoms with Crippen molar-refractivity contribution in [1.29, 1.82) is 0 Å². The van der Waals surface area contributed by atoms with Gasteiger partial charge in [0.2, 0.25) is 0 Å². The van der Waals surface area contributed by atoms with Gasteiger partial charge in [-0.1, -0.05) is 0 Å². The highest BCUT2D eigenvalue weighted by molar-refractivity contribution is 5.97. The highest BCUT2D eigenvalue weighted by atomic mass is 16.5. The van der Waals surface area contributed by atoms with Crippen LogP contribution in [0.15, 0.2) is 12.1 Å². The summed E-state index contributed by atoms with van der Waals surface area (Å²) >= 11 is 0. The molecule has 3 heterocycles. The standard InChI is InChI=1S/C22H32N4O/c1-16-14-18-19(15-20(16)27-13-7-12-26-10-5-6-11-26)25-22(23-2)17-8-3-4-9-24-21(17)18/h14-15,24H,3-13H2,1-2H3,(H,23,25). The topological polar surface area (TPSA) is 49.4 Å². The van der Waals surface area contributed by atoms with Gasteiger partial charge in [-0.25, -0.2) is 4.98 Å². The molecular formula is C22H32N4O. The zero-order chi connectivity index (χ0) is 18.6. The van der Waals surface area contributed by atoms with Gasteiger partial charge in [-0.3, -0.25) is 0 Å². The van der Waals surface area contributed by atoms with E-state index in [1.54, 1.807) is 0 Å². The molecule has 0 bridgehead atoms. The van der Waals surface area contributed by atoms with Crippen LogP contribution in [0.3, 0.4) is 0 Å². The Morgan fingerprint density at radius 2 is 2.04 bits per heavy atom. The van der Waals surface area contributed by atoms with Crippen LogP contribution in [-0.2, 0) is 6.42 Å². The fraction of sp³-hybridized carbons (Fsp3) is 0.591. The Kier molecular flexibility index (Phi) is 5.67. The zero-order valence-electron chi connectivity index (χ0n) is 16.7. The smallest absolute Gasteiger partial charge is 0.131 e. The minimum atomic E-state index is 0.769. The van der Waals surface area contributed by atoms with Crippen molar-refractivity contribution in [2.45, 2.75) is 45.4 Å². The number of pyridine rings is 1. The number of rotatable bonds is 6. The summed E-state index contributed by atoms with van der Waals surface area (Å²) in [5.41, 5.74) is 4.77. The van der Waals surface area contributed by atoms with Gasteiger partial charge in [-0.2, -0.15) is 0 Å². The third-order valence-corrected chi connectivity index (χ3v) is 5.85. The normalized spacial score (nSPS) is 17.4. The van der Waals surface area contributed by atoms with Crippen molar-refractivity contribution in [3.63, 3.8) is 0 Å². The molecule has 5 nitrogen and oxygen atoms in total. The average molecular weight is 369 g/mol. The molecule has 0 radical (unpaired) electrons. The number of hydrogen-bond acceptors (Lipinski definition) is 5. The van der Waals surface area contributed by atoms with Crippen molar-refractivity contribution >= 4 is 22.4 Å². The van der Waals surface area contributed by atoms with Crippen LogP contribution in [0.4, 0.5) is 11.5 Å². The fourth-order valence-electron chi connectivity index (χ4n) is 4.36. The molecule has 5 heteroatoms. The number of ether oxygens (including phenoxy) is 1. The van der Waals surface area contributed by atoms with Crippen LogP contribution in [0.25, 0.3) is 10.9 Å². The Balaban J connectivity index is 1.55. The molecule has 2 aliphatic heterocycles. The van der Waals surface area contributed by atoms with E-state index in [9.17, 15) is 0 Å². The van der Waals surface area contributed by atoms with Gasteiger partial charge < -0.3 is 20.3 Å². The Morgan fingerprint density at radius 1 is 1.19 bits per heavy atom. The molecule has 146 valence electrons. The molecule has 1 saturated heterocycles. The van der Waals surface area contributed by atoms with Crippen molar-refractivity contribution in [2.75, 3.05) is 50.5 Å². The van der Waals surface area contributed by atoms with Gasteiger partial charge >= 0.3 is 0 Å². The van der Waals surface area contributed by atoms with Gasteiger partial charge in [0, 0.05) is 37.2 Å². The first kappa shape index (κ1) is 18.4. The molecule has 1 aromatic heterocycles. The van der Waals surface area contributed by atoms with Gasteiger partial charge in [-0.05, 0) is 70.2 Å². The third-order valence-electron chi connectivity index (χ3n) is 5.85. The third kappa shape index (κ3) is 3.98. The molecule has 0 atom stereocenters. The van der Waals surface area contributed by atoms with E-state index in [2.05, 4.69) is 34.6 Å². The minimum absolute atomic E-state index is 0.769. The van der Waals surface area contributed by atoms with Crippen molar-refractivity contribution in [3.8, 4) is 5.75 Å². The molecule has 2 aliphatic rings. The zero-order valence-corrected chi connectivity index (χ0v) is 16.7. The first-order valence-electron chi connectivity index (χ1n) is 10.5. The maximum absolute atomic E-state index is 6.14. The van der Waals surface area contributed by atoms with Crippen LogP contribution in [0.2, 0.25) is 0 Å². The Hall–Kier alpha value is -2.01. The highest BCUT2D eigenvalue weighted by Crippen LogP contribution is 2.37. The molecule has 27 heavy (non-hydrogen) atoms. The lowest BCUT2D eigenvalue weighted by atomic mass is 10.0. The first-order valence-corrected chi connectivity index (χ1v) is 10.5. The first-order chi connectivity index (χ1) is 13.3. The van der Waals surface area contributed by atoms with Crippen LogP contribution in [0.5, 0.6) is 5.75 Å². The summed E-state index contributed by atoms with van der Waals surface area (Å²) in [5.74, 6) is 1.96. The number of anilines is 2. The number of nitrogens with one attached hydrogen (secondary N) is 2. The summed E-state index contributed by atoms with van der Waals surface area (Å²) in [5, 5.41) is 8.16. The molecule has 0 aliphatic carbocycles. The van der Waals surface area contributed by atoms with Gasteiger partial charge in [-0.15, -0.1) is 0 Å². The number of aryl methyl sites for hydroxylation is 1. The van der Waals surface area contributed by atoms with E-state index >= 15 is 0 Å². The molecular weight excluding hydrogens is 336 g/mol. The van der Waals surface area contributed by atoms with Crippen LogP contribution < -0.4 is 15.4 Å². The van der Waals surface area contributed by atoms with E-state index in [1.165, 1.54) is 61.0 Å². The fourth-order valence-corrected chi connectivity index (χ4v) is 4.36. The minimum Gasteiger partial charge on any atom is -0.493 e. The number of benzene rings is 1. The van der Waals surface area contributed by atoms with E-state index in [0.717, 1.165) is 49.6 Å². The van der Waals surface area contributed by atoms with E-state index < -0.39 is 0 Å². The lowest BCUT2D eigenvalue weighted by Crippen LogP contribution is -2.22. The van der Waals surface area contributed by atoms with Crippen LogP contribution >= 0.6 is 0 Å². The van der Waals surface area contributed by atoms with E-state index in [1.807, 2.05) is 7.05 Å². The van der Waals surface area contributed by atoms with Gasteiger partial charge in [0.25, 0.3) is 0 Å². The number of aromatic nitrogens is 1. The van der Waals surface area contributed by atoms with Crippen molar-refractivity contribution in [2.24, 2.45) is 0 Å². The molecule has 4 rings (SSSR count). The molecule has 2 aromatic rings. The molecule has 2 N–H and O–H groups in total. The molecule has 0 unspecified atom stereocenters. The number of fused-ring (bicyclic) bond motifs is 3. The van der Waals surface area contributed by atoms with E-state index in [4.69, 9.17) is 9.72 Å². The average Bonchev–Trinajstić information content (AvgIpc) is 3.07. The van der Waals surface area contributed by atoms with Gasteiger partial charge in [0.15, 0.2) is 0 Å². The lowest BCUT2D eigenvalue weighted by molar-refractivity contribution is 0.262. The summed E-state index contributed by atoms with van der Waals surface area (Å²) in [6, 6.07) is 4.36. The molecule has 0 amide bonds. The largest absolute Gasteiger partial charge is 0.493 e. The van der Waals surface area contributed by atoms with Gasteiger partial charge in [0.05, 0.1) is 17.8 Å². The summed E-state index contributed by atoms with van der Waals surface area (Å²) in [6.45, 7) is 7.60. The number of hydrogen-bond donors (Lipinski definition) is 2. The van der Waals surface area contributed by atoms with Gasteiger partial charge in [0.1, 0.15) is 11.6 Å². The number of nitrogens with zero attached hydrogens (tertiary/aromatic N) is 2. The Bertz CT molecular complexity index is 799. The summed E-state index contributed by atoms with van der Waals surface area (Å²) in [7, 11) is 1.96. The predicted molar refractivity (Wildman–Crippen MR) is 113 cm³/mol. The van der Waals surface area contributed by atoms with Crippen molar-refractivity contribution < 1.29 is 4.74 Å². The second-order valence-corrected chi connectivity index (χ2v) is 7.83. The Morgan fingerprint density at radius 3 is 2.85 bits per heavy atom. The van der Waals surface area contributed by atoms with Crippen LogP contribution in [0.1, 0.15) is 43.2 Å². The molecule has 0 spiro atoms. The van der Waals surface area contributed by atoms with Crippen LogP contribution in [0, 0.1) is 6.92 Å². The van der Waals surface area contributed by atoms with Crippen LogP contribution in [-0.4, -0.2) is 49.7 Å². The molecule has 1 fully saturated rings. The summed E-state index contributed by atoms with van der Waals surface area (Å²) in [4.78, 5) is 7.44.